The van der Waals surface area contributed by atoms with Gasteiger partial charge in [0.1, 0.15) is 5.75 Å². The van der Waals surface area contributed by atoms with Crippen LogP contribution in [0.1, 0.15) is 16.7 Å². The smallest absolute Gasteiger partial charge is 0.191 e. The fourth-order valence-corrected chi connectivity index (χ4v) is 2.69. The summed E-state index contributed by atoms with van der Waals surface area (Å²) in [7, 11) is 3.43. The van der Waals surface area contributed by atoms with E-state index < -0.39 is 0 Å². The average Bonchev–Trinajstić information content (AvgIpc) is 3.16. The Hall–Kier alpha value is -2.55. The first-order valence-corrected chi connectivity index (χ1v) is 8.89. The van der Waals surface area contributed by atoms with Gasteiger partial charge in [0.15, 0.2) is 5.96 Å². The van der Waals surface area contributed by atoms with Crippen molar-refractivity contribution in [2.45, 2.75) is 19.6 Å². The van der Waals surface area contributed by atoms with E-state index in [1.807, 2.05) is 53.3 Å². The molecule has 0 fully saturated rings. The second-order valence-electron chi connectivity index (χ2n) is 6.16. The van der Waals surface area contributed by atoms with E-state index in [0.717, 1.165) is 29.4 Å². The highest BCUT2D eigenvalue weighted by Crippen LogP contribution is 2.11. The van der Waals surface area contributed by atoms with Crippen LogP contribution in [0.15, 0.2) is 72.0 Å². The first-order valence-electron chi connectivity index (χ1n) is 8.89. The summed E-state index contributed by atoms with van der Waals surface area (Å²) in [6.07, 6.45) is 3.93. The Morgan fingerprint density at radius 3 is 2.29 bits per heavy atom. The molecule has 7 heteroatoms. The molecule has 3 rings (SSSR count). The van der Waals surface area contributed by atoms with Crippen molar-refractivity contribution >= 4 is 29.9 Å². The van der Waals surface area contributed by atoms with Gasteiger partial charge in [-0.2, -0.15) is 5.10 Å². The van der Waals surface area contributed by atoms with Gasteiger partial charge in [0.2, 0.25) is 0 Å². The van der Waals surface area contributed by atoms with Gasteiger partial charge in [-0.3, -0.25) is 9.67 Å². The fourth-order valence-electron chi connectivity index (χ4n) is 2.69. The number of methoxy groups -OCH3 is 1. The summed E-state index contributed by atoms with van der Waals surface area (Å²) in [6, 6.07) is 18.3. The number of hydrogen-bond acceptors (Lipinski definition) is 3. The summed E-state index contributed by atoms with van der Waals surface area (Å²) >= 11 is 0. The second-order valence-corrected chi connectivity index (χ2v) is 6.16. The highest BCUT2D eigenvalue weighted by molar-refractivity contribution is 14.0. The zero-order chi connectivity index (χ0) is 18.9. The largest absolute Gasteiger partial charge is 0.497 e. The summed E-state index contributed by atoms with van der Waals surface area (Å²) in [5.74, 6) is 1.61. The van der Waals surface area contributed by atoms with Gasteiger partial charge < -0.3 is 15.4 Å². The van der Waals surface area contributed by atoms with E-state index in [0.29, 0.717) is 13.1 Å². The van der Waals surface area contributed by atoms with E-state index in [9.17, 15) is 0 Å². The van der Waals surface area contributed by atoms with E-state index in [4.69, 9.17) is 4.74 Å². The van der Waals surface area contributed by atoms with Gasteiger partial charge in [-0.1, -0.05) is 42.5 Å². The predicted octanol–water partition coefficient (Wildman–Crippen LogP) is 3.42. The minimum absolute atomic E-state index is 0. The van der Waals surface area contributed by atoms with Crippen LogP contribution in [0.4, 0.5) is 0 Å². The third-order valence-electron chi connectivity index (χ3n) is 4.18. The Balaban J connectivity index is 0.00000280. The molecule has 0 saturated heterocycles. The van der Waals surface area contributed by atoms with Gasteiger partial charge >= 0.3 is 0 Å². The molecule has 148 valence electrons. The predicted molar refractivity (Wildman–Crippen MR) is 123 cm³/mol. The maximum absolute atomic E-state index is 5.18. The Labute approximate surface area is 183 Å². The lowest BCUT2D eigenvalue weighted by atomic mass is 10.2. The van der Waals surface area contributed by atoms with E-state index in [2.05, 4.69) is 39.1 Å². The maximum atomic E-state index is 5.18. The molecule has 28 heavy (non-hydrogen) atoms. The second kappa shape index (κ2) is 11.3. The quantitative estimate of drug-likeness (QED) is 0.302. The molecule has 1 heterocycles. The van der Waals surface area contributed by atoms with Crippen LogP contribution in [0.3, 0.4) is 0 Å². The maximum Gasteiger partial charge on any atom is 0.191 e. The van der Waals surface area contributed by atoms with Crippen molar-refractivity contribution in [3.8, 4) is 5.75 Å². The number of aromatic nitrogens is 2. The van der Waals surface area contributed by atoms with Crippen LogP contribution in [0.5, 0.6) is 5.75 Å². The Bertz CT molecular complexity index is 862. The standard InChI is InChI=1S/C21H25N5O.HI/c1-22-21(23-12-17-8-10-20(27-2)11-9-17)24-13-19-14-25-26(16-19)15-18-6-4-3-5-7-18;/h3-11,14,16H,12-13,15H2,1-2H3,(H2,22,23,24);1H. The highest BCUT2D eigenvalue weighted by atomic mass is 127. The number of hydrogen-bond donors (Lipinski definition) is 2. The van der Waals surface area contributed by atoms with Crippen LogP contribution in [-0.4, -0.2) is 29.9 Å². The molecule has 3 aromatic rings. The van der Waals surface area contributed by atoms with Crippen molar-refractivity contribution in [3.63, 3.8) is 0 Å². The Morgan fingerprint density at radius 1 is 0.964 bits per heavy atom. The molecule has 0 aliphatic rings. The van der Waals surface area contributed by atoms with Gasteiger partial charge in [-0.25, -0.2) is 0 Å². The summed E-state index contributed by atoms with van der Waals surface area (Å²) in [6.45, 7) is 2.12. The van der Waals surface area contributed by atoms with Crippen LogP contribution in [0, 0.1) is 0 Å². The number of nitrogens with one attached hydrogen (secondary N) is 2. The van der Waals surface area contributed by atoms with Crippen molar-refractivity contribution in [3.05, 3.63) is 83.7 Å². The van der Waals surface area contributed by atoms with Gasteiger partial charge in [0.05, 0.1) is 19.9 Å². The molecule has 1 aromatic heterocycles. The van der Waals surface area contributed by atoms with Crippen molar-refractivity contribution < 1.29 is 4.74 Å². The van der Waals surface area contributed by atoms with E-state index in [1.165, 1.54) is 5.56 Å². The monoisotopic (exact) mass is 491 g/mol. The first-order chi connectivity index (χ1) is 13.3. The zero-order valence-electron chi connectivity index (χ0n) is 16.1. The molecule has 0 bridgehead atoms. The number of halogens is 1. The number of aliphatic imine (C=N–C) groups is 1. The van der Waals surface area contributed by atoms with E-state index in [1.54, 1.807) is 14.2 Å². The third kappa shape index (κ3) is 6.56. The number of ether oxygens (including phenoxy) is 1. The molecule has 0 atom stereocenters. The number of guanidine groups is 1. The van der Waals surface area contributed by atoms with Crippen molar-refractivity contribution in [2.75, 3.05) is 14.2 Å². The van der Waals surface area contributed by atoms with Crippen LogP contribution in [0.2, 0.25) is 0 Å². The van der Waals surface area contributed by atoms with Gasteiger partial charge in [-0.15, -0.1) is 24.0 Å². The topological polar surface area (TPSA) is 63.5 Å². The van der Waals surface area contributed by atoms with Crippen LogP contribution < -0.4 is 15.4 Å². The normalized spacial score (nSPS) is 10.9. The van der Waals surface area contributed by atoms with Crippen LogP contribution >= 0.6 is 24.0 Å². The summed E-state index contributed by atoms with van der Waals surface area (Å²) in [4.78, 5) is 4.27. The molecule has 0 aliphatic carbocycles. The van der Waals surface area contributed by atoms with Crippen LogP contribution in [0.25, 0.3) is 0 Å². The minimum Gasteiger partial charge on any atom is -0.497 e. The molecule has 0 radical (unpaired) electrons. The first kappa shape index (κ1) is 21.7. The van der Waals surface area contributed by atoms with Gasteiger partial charge in [0.25, 0.3) is 0 Å². The lowest BCUT2D eigenvalue weighted by Crippen LogP contribution is -2.36. The molecule has 0 spiro atoms. The van der Waals surface area contributed by atoms with Gasteiger partial charge in [-0.05, 0) is 23.3 Å². The lowest BCUT2D eigenvalue weighted by Gasteiger charge is -2.11. The minimum atomic E-state index is 0. The highest BCUT2D eigenvalue weighted by Gasteiger charge is 2.03. The summed E-state index contributed by atoms with van der Waals surface area (Å²) < 4.78 is 7.12. The van der Waals surface area contributed by atoms with Crippen molar-refractivity contribution in [2.24, 2.45) is 4.99 Å². The molecule has 2 aromatic carbocycles. The molecule has 0 amide bonds. The SMILES string of the molecule is CN=C(NCc1ccc(OC)cc1)NCc1cnn(Cc2ccccc2)c1.I. The van der Waals surface area contributed by atoms with Crippen molar-refractivity contribution in [1.82, 2.24) is 20.4 Å². The third-order valence-corrected chi connectivity index (χ3v) is 4.18. The van der Waals surface area contributed by atoms with E-state index >= 15 is 0 Å². The molecule has 0 saturated carbocycles. The number of nitrogens with zero attached hydrogens (tertiary/aromatic N) is 3. The average molecular weight is 491 g/mol. The summed E-state index contributed by atoms with van der Waals surface area (Å²) in [5, 5.41) is 11.1. The molecule has 2 N–H and O–H groups in total. The summed E-state index contributed by atoms with van der Waals surface area (Å²) in [5.41, 5.74) is 3.50. The van der Waals surface area contributed by atoms with E-state index in [-0.39, 0.29) is 24.0 Å². The molecule has 0 aliphatic heterocycles. The van der Waals surface area contributed by atoms with Crippen LogP contribution in [-0.2, 0) is 19.6 Å². The number of benzene rings is 2. The zero-order valence-corrected chi connectivity index (χ0v) is 18.5. The van der Waals surface area contributed by atoms with Gasteiger partial charge in [0, 0.05) is 31.9 Å². The lowest BCUT2D eigenvalue weighted by molar-refractivity contribution is 0.414. The number of rotatable bonds is 7. The molecular weight excluding hydrogens is 465 g/mol. The Kier molecular flexibility index (Phi) is 8.80. The molecular formula is C21H26IN5O. The molecule has 0 unspecified atom stereocenters. The fraction of sp³-hybridized carbons (Fsp3) is 0.238. The Morgan fingerprint density at radius 2 is 1.64 bits per heavy atom. The van der Waals surface area contributed by atoms with Crippen molar-refractivity contribution in [1.29, 1.82) is 0 Å². The molecule has 6 nitrogen and oxygen atoms in total.